The van der Waals surface area contributed by atoms with E-state index in [2.05, 4.69) is 34.6 Å². The van der Waals surface area contributed by atoms with Gasteiger partial charge in [0.1, 0.15) is 0 Å². The minimum atomic E-state index is -0.0847. The summed E-state index contributed by atoms with van der Waals surface area (Å²) in [6.45, 7) is 3.02. The molecule has 0 radical (unpaired) electrons. The number of pyridine rings is 1. The molecule has 0 amide bonds. The highest BCUT2D eigenvalue weighted by Gasteiger charge is 2.37. The van der Waals surface area contributed by atoms with E-state index in [0.29, 0.717) is 13.2 Å². The van der Waals surface area contributed by atoms with Gasteiger partial charge in [-0.2, -0.15) is 0 Å². The van der Waals surface area contributed by atoms with Gasteiger partial charge in [0.15, 0.2) is 0 Å². The van der Waals surface area contributed by atoms with E-state index in [9.17, 15) is 5.11 Å². The SMILES string of the molecule is OCC1(CNCc2cccc(-c3ccccn3)c2)COC1. The van der Waals surface area contributed by atoms with Crippen LogP contribution >= 0.6 is 0 Å². The molecule has 21 heavy (non-hydrogen) atoms. The third-order valence-electron chi connectivity index (χ3n) is 3.87. The highest BCUT2D eigenvalue weighted by Crippen LogP contribution is 2.25. The average Bonchev–Trinajstić information content (AvgIpc) is 2.51. The minimum absolute atomic E-state index is 0.0847. The Labute approximate surface area is 124 Å². The smallest absolute Gasteiger partial charge is 0.0702 e. The van der Waals surface area contributed by atoms with Crippen molar-refractivity contribution in [1.82, 2.24) is 10.3 Å². The van der Waals surface area contributed by atoms with Gasteiger partial charge in [-0.25, -0.2) is 0 Å². The molecule has 1 aromatic heterocycles. The molecule has 0 aliphatic carbocycles. The Morgan fingerprint density at radius 2 is 2.10 bits per heavy atom. The van der Waals surface area contributed by atoms with Gasteiger partial charge >= 0.3 is 0 Å². The Balaban J connectivity index is 1.61. The van der Waals surface area contributed by atoms with Gasteiger partial charge in [-0.05, 0) is 23.8 Å². The second-order valence-electron chi connectivity index (χ2n) is 5.67. The molecule has 4 heteroatoms. The van der Waals surface area contributed by atoms with E-state index in [1.54, 1.807) is 0 Å². The quantitative estimate of drug-likeness (QED) is 0.850. The van der Waals surface area contributed by atoms with Crippen molar-refractivity contribution in [2.45, 2.75) is 6.54 Å². The van der Waals surface area contributed by atoms with Gasteiger partial charge in [0.2, 0.25) is 0 Å². The van der Waals surface area contributed by atoms with E-state index in [4.69, 9.17) is 4.74 Å². The standard InChI is InChI=1S/C17H20N2O2/c20-11-17(12-21-13-17)10-18-9-14-4-3-5-15(8-14)16-6-1-2-7-19-16/h1-8,18,20H,9-13H2. The van der Waals surface area contributed by atoms with Gasteiger partial charge in [0.05, 0.1) is 30.9 Å². The molecular formula is C17H20N2O2. The normalized spacial score (nSPS) is 16.4. The average molecular weight is 284 g/mol. The lowest BCUT2D eigenvalue weighted by atomic mass is 9.87. The number of aromatic nitrogens is 1. The zero-order valence-electron chi connectivity index (χ0n) is 12.0. The second-order valence-corrected chi connectivity index (χ2v) is 5.67. The lowest BCUT2D eigenvalue weighted by Crippen LogP contribution is -2.52. The molecule has 1 fully saturated rings. The summed E-state index contributed by atoms with van der Waals surface area (Å²) < 4.78 is 5.20. The summed E-state index contributed by atoms with van der Waals surface area (Å²) in [7, 11) is 0. The number of nitrogens with one attached hydrogen (secondary N) is 1. The van der Waals surface area contributed by atoms with Crippen LogP contribution in [-0.2, 0) is 11.3 Å². The van der Waals surface area contributed by atoms with Gasteiger partial charge in [0.25, 0.3) is 0 Å². The van der Waals surface area contributed by atoms with Crippen LogP contribution in [0.1, 0.15) is 5.56 Å². The summed E-state index contributed by atoms with van der Waals surface area (Å²) in [5.41, 5.74) is 3.24. The molecule has 0 spiro atoms. The monoisotopic (exact) mass is 284 g/mol. The third-order valence-corrected chi connectivity index (χ3v) is 3.87. The first kappa shape index (κ1) is 14.2. The molecule has 0 atom stereocenters. The van der Waals surface area contributed by atoms with Crippen LogP contribution in [0, 0.1) is 5.41 Å². The molecule has 1 aliphatic rings. The maximum absolute atomic E-state index is 9.40. The highest BCUT2D eigenvalue weighted by molar-refractivity contribution is 5.59. The summed E-state index contributed by atoms with van der Waals surface area (Å²) >= 11 is 0. The highest BCUT2D eigenvalue weighted by atomic mass is 16.5. The van der Waals surface area contributed by atoms with Gasteiger partial charge < -0.3 is 15.2 Å². The molecule has 3 rings (SSSR count). The van der Waals surface area contributed by atoms with Crippen molar-refractivity contribution in [1.29, 1.82) is 0 Å². The number of aliphatic hydroxyl groups excluding tert-OH is 1. The van der Waals surface area contributed by atoms with Crippen molar-refractivity contribution >= 4 is 0 Å². The van der Waals surface area contributed by atoms with E-state index in [-0.39, 0.29) is 12.0 Å². The summed E-state index contributed by atoms with van der Waals surface area (Å²) in [5, 5.41) is 12.8. The molecule has 0 bridgehead atoms. The number of ether oxygens (including phenoxy) is 1. The maximum Gasteiger partial charge on any atom is 0.0702 e. The molecule has 1 aliphatic heterocycles. The summed E-state index contributed by atoms with van der Waals surface area (Å²) in [6, 6.07) is 14.3. The summed E-state index contributed by atoms with van der Waals surface area (Å²) in [6.07, 6.45) is 1.81. The van der Waals surface area contributed by atoms with Crippen molar-refractivity contribution in [3.8, 4) is 11.3 Å². The van der Waals surface area contributed by atoms with E-state index >= 15 is 0 Å². The van der Waals surface area contributed by atoms with Crippen molar-refractivity contribution in [2.75, 3.05) is 26.4 Å². The fraction of sp³-hybridized carbons (Fsp3) is 0.353. The first-order chi connectivity index (χ1) is 10.3. The van der Waals surface area contributed by atoms with Gasteiger partial charge in [0, 0.05) is 24.8 Å². The van der Waals surface area contributed by atoms with Crippen molar-refractivity contribution in [2.24, 2.45) is 5.41 Å². The fourth-order valence-electron chi connectivity index (χ4n) is 2.49. The number of hydrogen-bond donors (Lipinski definition) is 2. The summed E-state index contributed by atoms with van der Waals surface area (Å²) in [4.78, 5) is 4.38. The largest absolute Gasteiger partial charge is 0.396 e. The second kappa shape index (κ2) is 6.35. The van der Waals surface area contributed by atoms with Crippen LogP contribution < -0.4 is 5.32 Å². The number of nitrogens with zero attached hydrogens (tertiary/aromatic N) is 1. The third kappa shape index (κ3) is 3.29. The Hall–Kier alpha value is -1.75. The molecule has 4 nitrogen and oxygen atoms in total. The fourth-order valence-corrected chi connectivity index (χ4v) is 2.49. The molecule has 0 saturated carbocycles. The Kier molecular flexibility index (Phi) is 4.29. The van der Waals surface area contributed by atoms with Gasteiger partial charge in [-0.15, -0.1) is 0 Å². The van der Waals surface area contributed by atoms with Gasteiger partial charge in [-0.3, -0.25) is 4.98 Å². The zero-order valence-corrected chi connectivity index (χ0v) is 12.0. The van der Waals surface area contributed by atoms with Crippen molar-refractivity contribution < 1.29 is 9.84 Å². The van der Waals surface area contributed by atoms with E-state index in [0.717, 1.165) is 24.3 Å². The lowest BCUT2D eigenvalue weighted by Gasteiger charge is -2.40. The van der Waals surface area contributed by atoms with E-state index in [1.807, 2.05) is 24.4 Å². The zero-order chi connectivity index (χ0) is 14.5. The van der Waals surface area contributed by atoms with Crippen LogP contribution in [0.3, 0.4) is 0 Å². The Bertz CT molecular complexity index is 577. The first-order valence-corrected chi connectivity index (χ1v) is 7.21. The van der Waals surface area contributed by atoms with Crippen LogP contribution in [0.25, 0.3) is 11.3 Å². The van der Waals surface area contributed by atoms with Gasteiger partial charge in [-0.1, -0.05) is 24.3 Å². The van der Waals surface area contributed by atoms with Crippen LogP contribution in [0.15, 0.2) is 48.7 Å². The minimum Gasteiger partial charge on any atom is -0.396 e. The molecule has 0 unspecified atom stereocenters. The molecule has 1 aromatic carbocycles. The number of rotatable bonds is 6. The molecule has 1 saturated heterocycles. The molecular weight excluding hydrogens is 264 g/mol. The topological polar surface area (TPSA) is 54.4 Å². The first-order valence-electron chi connectivity index (χ1n) is 7.21. The molecule has 110 valence electrons. The van der Waals surface area contributed by atoms with Crippen molar-refractivity contribution in [3.05, 3.63) is 54.2 Å². The molecule has 2 aromatic rings. The van der Waals surface area contributed by atoms with Crippen LogP contribution in [-0.4, -0.2) is 36.5 Å². The van der Waals surface area contributed by atoms with E-state index < -0.39 is 0 Å². The Morgan fingerprint density at radius 3 is 2.76 bits per heavy atom. The molecule has 2 N–H and O–H groups in total. The van der Waals surface area contributed by atoms with Crippen LogP contribution in [0.2, 0.25) is 0 Å². The lowest BCUT2D eigenvalue weighted by molar-refractivity contribution is -0.134. The maximum atomic E-state index is 9.40. The Morgan fingerprint density at radius 1 is 1.19 bits per heavy atom. The number of hydrogen-bond acceptors (Lipinski definition) is 4. The van der Waals surface area contributed by atoms with Crippen molar-refractivity contribution in [3.63, 3.8) is 0 Å². The predicted molar refractivity (Wildman–Crippen MR) is 81.7 cm³/mol. The predicted octanol–water partition coefficient (Wildman–Crippen LogP) is 1.85. The van der Waals surface area contributed by atoms with Crippen LogP contribution in [0.4, 0.5) is 0 Å². The number of aliphatic hydroxyl groups is 1. The summed E-state index contributed by atoms with van der Waals surface area (Å²) in [5.74, 6) is 0. The van der Waals surface area contributed by atoms with E-state index in [1.165, 1.54) is 5.56 Å². The van der Waals surface area contributed by atoms with Crippen LogP contribution in [0.5, 0.6) is 0 Å². The molecule has 2 heterocycles. The number of benzene rings is 1.